The van der Waals surface area contributed by atoms with Crippen LogP contribution in [0.5, 0.6) is 5.75 Å². The van der Waals surface area contributed by atoms with Gasteiger partial charge in [0.2, 0.25) is 0 Å². The Morgan fingerprint density at radius 2 is 2.20 bits per heavy atom. The first-order valence-corrected chi connectivity index (χ1v) is 7.65. The molecule has 1 heterocycles. The quantitative estimate of drug-likeness (QED) is 0.827. The van der Waals surface area contributed by atoms with Crippen molar-refractivity contribution in [1.29, 1.82) is 0 Å². The molecule has 4 heteroatoms. The highest BCUT2D eigenvalue weighted by molar-refractivity contribution is 7.09. The van der Waals surface area contributed by atoms with Gasteiger partial charge in [0, 0.05) is 22.5 Å². The van der Waals surface area contributed by atoms with Crippen molar-refractivity contribution in [2.45, 2.75) is 25.3 Å². The van der Waals surface area contributed by atoms with Crippen LogP contribution in [0.15, 0.2) is 35.7 Å². The Hall–Kier alpha value is -1.39. The van der Waals surface area contributed by atoms with E-state index >= 15 is 0 Å². The van der Waals surface area contributed by atoms with Gasteiger partial charge in [-0.25, -0.2) is 4.39 Å². The second-order valence-corrected chi connectivity index (χ2v) is 5.73. The van der Waals surface area contributed by atoms with Crippen LogP contribution in [-0.4, -0.2) is 14.2 Å². The molecule has 2 aromatic rings. The predicted molar refractivity (Wildman–Crippen MR) is 82.0 cm³/mol. The van der Waals surface area contributed by atoms with E-state index in [-0.39, 0.29) is 11.9 Å². The van der Waals surface area contributed by atoms with Crippen LogP contribution in [0.3, 0.4) is 0 Å². The monoisotopic (exact) mass is 293 g/mol. The number of hydrogen-bond donors (Lipinski definition) is 1. The molecule has 0 aliphatic carbocycles. The molecule has 0 saturated carbocycles. The molecule has 2 nitrogen and oxygen atoms in total. The van der Waals surface area contributed by atoms with Crippen molar-refractivity contribution in [2.75, 3.05) is 14.2 Å². The zero-order chi connectivity index (χ0) is 14.4. The molecule has 108 valence electrons. The first-order chi connectivity index (χ1) is 9.74. The van der Waals surface area contributed by atoms with Gasteiger partial charge in [-0.2, -0.15) is 0 Å². The van der Waals surface area contributed by atoms with Crippen molar-refractivity contribution in [3.8, 4) is 5.75 Å². The van der Waals surface area contributed by atoms with Crippen LogP contribution in [0.2, 0.25) is 0 Å². The maximum Gasteiger partial charge on any atom is 0.131 e. The molecule has 1 unspecified atom stereocenters. The smallest absolute Gasteiger partial charge is 0.131 e. The normalized spacial score (nSPS) is 12.3. The van der Waals surface area contributed by atoms with Crippen LogP contribution < -0.4 is 10.1 Å². The van der Waals surface area contributed by atoms with Gasteiger partial charge in [0.05, 0.1) is 7.11 Å². The maximum absolute atomic E-state index is 14.1. The van der Waals surface area contributed by atoms with Gasteiger partial charge in [-0.05, 0) is 43.8 Å². The molecule has 1 aromatic carbocycles. The lowest BCUT2D eigenvalue weighted by molar-refractivity contribution is 0.408. The molecule has 0 fully saturated rings. The van der Waals surface area contributed by atoms with Crippen LogP contribution in [0, 0.1) is 5.82 Å². The second kappa shape index (κ2) is 7.41. The summed E-state index contributed by atoms with van der Waals surface area (Å²) in [5.74, 6) is 0.347. The molecule has 20 heavy (non-hydrogen) atoms. The fourth-order valence-corrected chi connectivity index (χ4v) is 3.06. The third kappa shape index (κ3) is 3.81. The third-order valence-electron chi connectivity index (χ3n) is 3.43. The zero-order valence-corrected chi connectivity index (χ0v) is 12.7. The molecule has 0 bridgehead atoms. The number of thiophene rings is 1. The molecule has 2 rings (SSSR count). The summed E-state index contributed by atoms with van der Waals surface area (Å²) in [4.78, 5) is 1.38. The van der Waals surface area contributed by atoms with E-state index in [2.05, 4.69) is 22.8 Å². The highest BCUT2D eigenvalue weighted by Gasteiger charge is 2.14. The molecule has 1 N–H and O–H groups in total. The van der Waals surface area contributed by atoms with E-state index in [0.717, 1.165) is 19.3 Å². The van der Waals surface area contributed by atoms with Gasteiger partial charge in [-0.3, -0.25) is 0 Å². The molecule has 0 spiro atoms. The van der Waals surface area contributed by atoms with E-state index in [0.29, 0.717) is 11.3 Å². The molecule has 1 aromatic heterocycles. The maximum atomic E-state index is 14.1. The summed E-state index contributed by atoms with van der Waals surface area (Å²) in [6.45, 7) is 0. The van der Waals surface area contributed by atoms with Crippen molar-refractivity contribution >= 4 is 11.3 Å². The average Bonchev–Trinajstić information content (AvgIpc) is 2.97. The lowest BCUT2D eigenvalue weighted by Crippen LogP contribution is -2.17. The molecule has 0 amide bonds. The van der Waals surface area contributed by atoms with Crippen molar-refractivity contribution in [3.05, 3.63) is 52.0 Å². The lowest BCUT2D eigenvalue weighted by Gasteiger charge is -2.17. The van der Waals surface area contributed by atoms with E-state index in [1.807, 2.05) is 13.1 Å². The second-order valence-electron chi connectivity index (χ2n) is 4.70. The first-order valence-electron chi connectivity index (χ1n) is 6.77. The number of nitrogens with one attached hydrogen (secondary N) is 1. The average molecular weight is 293 g/mol. The Bertz CT molecular complexity index is 527. The Labute approximate surface area is 123 Å². The van der Waals surface area contributed by atoms with Gasteiger partial charge in [0.15, 0.2) is 0 Å². The van der Waals surface area contributed by atoms with Crippen LogP contribution in [-0.2, 0) is 6.42 Å². The number of benzene rings is 1. The number of hydrogen-bond acceptors (Lipinski definition) is 3. The molecule has 0 aliphatic heterocycles. The van der Waals surface area contributed by atoms with Crippen LogP contribution >= 0.6 is 11.3 Å². The van der Waals surface area contributed by atoms with Crippen molar-refractivity contribution in [1.82, 2.24) is 5.32 Å². The fraction of sp³-hybridized carbons (Fsp3) is 0.375. The van der Waals surface area contributed by atoms with Crippen molar-refractivity contribution in [2.24, 2.45) is 0 Å². The number of ether oxygens (including phenoxy) is 1. The van der Waals surface area contributed by atoms with E-state index in [4.69, 9.17) is 4.74 Å². The zero-order valence-electron chi connectivity index (χ0n) is 11.9. The minimum Gasteiger partial charge on any atom is -0.497 e. The van der Waals surface area contributed by atoms with Crippen molar-refractivity contribution < 1.29 is 9.13 Å². The summed E-state index contributed by atoms with van der Waals surface area (Å²) in [5.41, 5.74) is 0.708. The van der Waals surface area contributed by atoms with Crippen molar-refractivity contribution in [3.63, 3.8) is 0 Å². The van der Waals surface area contributed by atoms with Crippen LogP contribution in [0.4, 0.5) is 4.39 Å². The van der Waals surface area contributed by atoms with Gasteiger partial charge < -0.3 is 10.1 Å². The number of aryl methyl sites for hydroxylation is 1. The third-order valence-corrected chi connectivity index (χ3v) is 4.36. The summed E-state index contributed by atoms with van der Waals surface area (Å²) in [5, 5.41) is 5.29. The van der Waals surface area contributed by atoms with Gasteiger partial charge in [-0.15, -0.1) is 11.3 Å². The molecular formula is C16H20FNOS. The number of rotatable bonds is 7. The summed E-state index contributed by atoms with van der Waals surface area (Å²) >= 11 is 1.78. The summed E-state index contributed by atoms with van der Waals surface area (Å²) in [7, 11) is 3.42. The first kappa shape index (κ1) is 15.0. The molecule has 0 saturated heterocycles. The molecule has 1 atom stereocenters. The fourth-order valence-electron chi connectivity index (χ4n) is 2.31. The van der Waals surface area contributed by atoms with Gasteiger partial charge in [0.1, 0.15) is 11.6 Å². The SMILES string of the molecule is CNC(CCCc1cccs1)c1ccc(OC)cc1F. The number of methoxy groups -OCH3 is 1. The Balaban J connectivity index is 1.97. The lowest BCUT2D eigenvalue weighted by atomic mass is 10.00. The van der Waals surface area contributed by atoms with Gasteiger partial charge >= 0.3 is 0 Å². The van der Waals surface area contributed by atoms with E-state index in [1.54, 1.807) is 24.5 Å². The van der Waals surface area contributed by atoms with Gasteiger partial charge in [0.25, 0.3) is 0 Å². The summed E-state index contributed by atoms with van der Waals surface area (Å²) < 4.78 is 19.1. The highest BCUT2D eigenvalue weighted by atomic mass is 32.1. The van der Waals surface area contributed by atoms with E-state index < -0.39 is 0 Å². The molecule has 0 radical (unpaired) electrons. The molecule has 0 aliphatic rings. The van der Waals surface area contributed by atoms with Crippen LogP contribution in [0.1, 0.15) is 29.3 Å². The minimum atomic E-state index is -0.208. The minimum absolute atomic E-state index is 0.0425. The van der Waals surface area contributed by atoms with Gasteiger partial charge in [-0.1, -0.05) is 12.1 Å². The summed E-state index contributed by atoms with van der Waals surface area (Å²) in [6.07, 6.45) is 3.00. The number of halogens is 1. The topological polar surface area (TPSA) is 21.3 Å². The predicted octanol–water partition coefficient (Wildman–Crippen LogP) is 4.18. The highest BCUT2D eigenvalue weighted by Crippen LogP contribution is 2.25. The Kier molecular flexibility index (Phi) is 5.56. The molecular weight excluding hydrogens is 273 g/mol. The Morgan fingerprint density at radius 1 is 1.35 bits per heavy atom. The van der Waals surface area contributed by atoms with E-state index in [1.165, 1.54) is 10.9 Å². The standard InChI is InChI=1S/C16H20FNOS/c1-18-16(7-3-5-13-6-4-10-20-13)14-9-8-12(19-2)11-15(14)17/h4,6,8-11,16,18H,3,5,7H2,1-2H3. The summed E-state index contributed by atoms with van der Waals surface area (Å²) in [6, 6.07) is 9.31. The van der Waals surface area contributed by atoms with Crippen LogP contribution in [0.25, 0.3) is 0 Å². The van der Waals surface area contributed by atoms with E-state index in [9.17, 15) is 4.39 Å². The largest absolute Gasteiger partial charge is 0.497 e. The Morgan fingerprint density at radius 3 is 2.80 bits per heavy atom.